The van der Waals surface area contributed by atoms with Gasteiger partial charge >= 0.3 is 5.97 Å². The third-order valence-electron chi connectivity index (χ3n) is 3.77. The van der Waals surface area contributed by atoms with Crippen molar-refractivity contribution in [2.24, 2.45) is 0 Å². The molecule has 8 heteroatoms. The fraction of sp³-hybridized carbons (Fsp3) is 0.158. The Labute approximate surface area is 153 Å². The maximum Gasteiger partial charge on any atom is 0.327 e. The molecule has 1 aromatic heterocycles. The lowest BCUT2D eigenvalue weighted by molar-refractivity contribution is -0.145. The third-order valence-corrected chi connectivity index (χ3v) is 3.77. The number of nitrogens with one attached hydrogen (secondary N) is 1. The summed E-state index contributed by atoms with van der Waals surface area (Å²) in [7, 11) is 0. The number of rotatable bonds is 6. The summed E-state index contributed by atoms with van der Waals surface area (Å²) in [6.07, 6.45) is 0. The van der Waals surface area contributed by atoms with Crippen molar-refractivity contribution >= 4 is 16.7 Å². The topological polar surface area (TPSA) is 114 Å². The van der Waals surface area contributed by atoms with Crippen LogP contribution in [-0.4, -0.2) is 29.0 Å². The van der Waals surface area contributed by atoms with E-state index >= 15 is 0 Å². The Morgan fingerprint density at radius 2 is 1.74 bits per heavy atom. The highest BCUT2D eigenvalue weighted by atomic mass is 16.6. The van der Waals surface area contributed by atoms with Crippen molar-refractivity contribution in [2.45, 2.75) is 6.54 Å². The number of esters is 1. The first kappa shape index (κ1) is 17.9. The van der Waals surface area contributed by atoms with Gasteiger partial charge in [-0.05, 0) is 36.4 Å². The van der Waals surface area contributed by atoms with Gasteiger partial charge in [-0.2, -0.15) is 5.26 Å². The predicted octanol–water partition coefficient (Wildman–Crippen LogP) is 1.18. The normalized spacial score (nSPS) is 10.3. The van der Waals surface area contributed by atoms with E-state index < -0.39 is 23.6 Å². The van der Waals surface area contributed by atoms with E-state index in [9.17, 15) is 14.4 Å². The van der Waals surface area contributed by atoms with Crippen LogP contribution >= 0.6 is 0 Å². The van der Waals surface area contributed by atoms with E-state index in [0.29, 0.717) is 11.3 Å². The Morgan fingerprint density at radius 3 is 2.44 bits per heavy atom. The van der Waals surface area contributed by atoms with Gasteiger partial charge in [0.15, 0.2) is 0 Å². The van der Waals surface area contributed by atoms with Gasteiger partial charge in [0.2, 0.25) is 0 Å². The molecule has 1 heterocycles. The first-order valence-electron chi connectivity index (χ1n) is 8.09. The quantitative estimate of drug-likeness (QED) is 0.518. The number of hydrogen-bond acceptors (Lipinski definition) is 6. The number of aromatic nitrogens is 2. The molecule has 0 aliphatic rings. The van der Waals surface area contributed by atoms with Crippen LogP contribution in [-0.2, 0) is 16.1 Å². The van der Waals surface area contributed by atoms with E-state index in [1.165, 1.54) is 6.07 Å². The molecule has 0 saturated heterocycles. The maximum atomic E-state index is 12.3. The number of ether oxygens (including phenoxy) is 2. The summed E-state index contributed by atoms with van der Waals surface area (Å²) < 4.78 is 11.3. The highest BCUT2D eigenvalue weighted by molar-refractivity contribution is 5.80. The number of fused-ring (bicyclic) bond motifs is 1. The molecule has 0 fully saturated rings. The van der Waals surface area contributed by atoms with Crippen LogP contribution in [0.4, 0.5) is 0 Å². The fourth-order valence-electron chi connectivity index (χ4n) is 2.47. The summed E-state index contributed by atoms with van der Waals surface area (Å²) in [6, 6.07) is 14.9. The molecule has 0 radical (unpaired) electrons. The van der Waals surface area contributed by atoms with Crippen LogP contribution in [0.3, 0.4) is 0 Å². The molecule has 0 spiro atoms. The van der Waals surface area contributed by atoms with Gasteiger partial charge < -0.3 is 9.47 Å². The summed E-state index contributed by atoms with van der Waals surface area (Å²) >= 11 is 0. The molecule has 0 saturated carbocycles. The molecule has 0 atom stereocenters. The Bertz CT molecular complexity index is 1120. The van der Waals surface area contributed by atoms with Crippen LogP contribution in [0.25, 0.3) is 10.8 Å². The first-order valence-corrected chi connectivity index (χ1v) is 8.09. The highest BCUT2D eigenvalue weighted by Gasteiger charge is 2.11. The van der Waals surface area contributed by atoms with Crippen molar-refractivity contribution in [1.82, 2.24) is 9.78 Å². The van der Waals surface area contributed by atoms with E-state index in [4.69, 9.17) is 14.7 Å². The number of benzene rings is 2. The van der Waals surface area contributed by atoms with Crippen molar-refractivity contribution in [1.29, 1.82) is 5.26 Å². The molecule has 0 amide bonds. The zero-order chi connectivity index (χ0) is 19.2. The number of nitrogens with zero attached hydrogens (tertiary/aromatic N) is 2. The number of carbonyl (C=O) groups excluding carboxylic acids is 1. The Morgan fingerprint density at radius 1 is 1.04 bits per heavy atom. The molecule has 0 aliphatic carbocycles. The number of H-pyrrole nitrogens is 1. The Hall–Kier alpha value is -3.86. The summed E-state index contributed by atoms with van der Waals surface area (Å²) in [5, 5.41) is 11.6. The van der Waals surface area contributed by atoms with Gasteiger partial charge in [0.1, 0.15) is 25.5 Å². The first-order chi connectivity index (χ1) is 13.1. The van der Waals surface area contributed by atoms with Gasteiger partial charge in [-0.15, -0.1) is 0 Å². The van der Waals surface area contributed by atoms with Gasteiger partial charge in [-0.3, -0.25) is 19.5 Å². The molecular weight excluding hydrogens is 350 g/mol. The predicted molar refractivity (Wildman–Crippen MR) is 96.4 cm³/mol. The van der Waals surface area contributed by atoms with Crippen LogP contribution < -0.4 is 15.9 Å². The third kappa shape index (κ3) is 4.22. The van der Waals surface area contributed by atoms with Crippen LogP contribution in [0.5, 0.6) is 5.75 Å². The van der Waals surface area contributed by atoms with Gasteiger partial charge in [0.25, 0.3) is 11.1 Å². The van der Waals surface area contributed by atoms with Crippen LogP contribution in [0.15, 0.2) is 58.1 Å². The minimum absolute atomic E-state index is 0.0224. The maximum absolute atomic E-state index is 12.3. The lowest BCUT2D eigenvalue weighted by atomic mass is 10.2. The number of aromatic amines is 1. The molecule has 1 N–H and O–H groups in total. The monoisotopic (exact) mass is 365 g/mol. The molecule has 0 bridgehead atoms. The molecule has 0 unspecified atom stereocenters. The minimum atomic E-state index is -0.675. The standard InChI is InChI=1S/C19H15N3O5/c20-11-13-5-7-14(8-6-13)26-9-10-27-17(23)12-22-19(25)16-4-2-1-3-15(16)18(24)21-22/h1-8H,9-10,12H2,(H,21,24). The second-order valence-electron chi connectivity index (χ2n) is 5.58. The second-order valence-corrected chi connectivity index (χ2v) is 5.58. The summed E-state index contributed by atoms with van der Waals surface area (Å²) in [5.74, 6) is -0.133. The molecular formula is C19H15N3O5. The minimum Gasteiger partial charge on any atom is -0.490 e. The smallest absolute Gasteiger partial charge is 0.327 e. The SMILES string of the molecule is N#Cc1ccc(OCCOC(=O)Cn2[nH]c(=O)c3ccccc3c2=O)cc1. The van der Waals surface area contributed by atoms with Gasteiger partial charge in [-0.1, -0.05) is 12.1 Å². The zero-order valence-corrected chi connectivity index (χ0v) is 14.2. The van der Waals surface area contributed by atoms with Crippen molar-refractivity contribution in [2.75, 3.05) is 13.2 Å². The van der Waals surface area contributed by atoms with E-state index in [0.717, 1.165) is 4.68 Å². The van der Waals surface area contributed by atoms with E-state index in [2.05, 4.69) is 5.10 Å². The number of hydrogen-bond donors (Lipinski definition) is 1. The van der Waals surface area contributed by atoms with Crippen molar-refractivity contribution < 1.29 is 14.3 Å². The van der Waals surface area contributed by atoms with Gasteiger partial charge in [0, 0.05) is 0 Å². The van der Waals surface area contributed by atoms with Crippen molar-refractivity contribution in [3.05, 3.63) is 74.8 Å². The number of nitriles is 1. The van der Waals surface area contributed by atoms with E-state index in [1.807, 2.05) is 6.07 Å². The number of carbonyl (C=O) groups is 1. The molecule has 136 valence electrons. The fourth-order valence-corrected chi connectivity index (χ4v) is 2.47. The largest absolute Gasteiger partial charge is 0.490 e. The lowest BCUT2D eigenvalue weighted by Crippen LogP contribution is -2.33. The van der Waals surface area contributed by atoms with Gasteiger partial charge in [0.05, 0.1) is 22.4 Å². The Kier molecular flexibility index (Phi) is 5.33. The van der Waals surface area contributed by atoms with E-state index in [1.54, 1.807) is 42.5 Å². The average Bonchev–Trinajstić information content (AvgIpc) is 2.70. The lowest BCUT2D eigenvalue weighted by Gasteiger charge is -2.09. The molecule has 8 nitrogen and oxygen atoms in total. The van der Waals surface area contributed by atoms with Crippen LogP contribution in [0.2, 0.25) is 0 Å². The zero-order valence-electron chi connectivity index (χ0n) is 14.2. The van der Waals surface area contributed by atoms with E-state index in [-0.39, 0.29) is 24.0 Å². The summed E-state index contributed by atoms with van der Waals surface area (Å²) in [6.45, 7) is -0.318. The molecule has 3 rings (SSSR count). The van der Waals surface area contributed by atoms with Gasteiger partial charge in [-0.25, -0.2) is 4.68 Å². The molecule has 27 heavy (non-hydrogen) atoms. The van der Waals surface area contributed by atoms with Crippen LogP contribution in [0.1, 0.15) is 5.56 Å². The second kappa shape index (κ2) is 8.01. The summed E-state index contributed by atoms with van der Waals surface area (Å²) in [4.78, 5) is 36.2. The van der Waals surface area contributed by atoms with Crippen LogP contribution in [0, 0.1) is 11.3 Å². The Balaban J connectivity index is 1.56. The highest BCUT2D eigenvalue weighted by Crippen LogP contribution is 2.11. The van der Waals surface area contributed by atoms with Crippen molar-refractivity contribution in [3.8, 4) is 11.8 Å². The molecule has 2 aromatic carbocycles. The summed E-state index contributed by atoms with van der Waals surface area (Å²) in [5.41, 5.74) is -0.415. The molecule has 0 aliphatic heterocycles. The molecule has 3 aromatic rings. The average molecular weight is 365 g/mol. The van der Waals surface area contributed by atoms with Crippen molar-refractivity contribution in [3.63, 3.8) is 0 Å².